The van der Waals surface area contributed by atoms with Crippen LogP contribution < -0.4 is 0 Å². The second kappa shape index (κ2) is 8.49. The first-order valence-corrected chi connectivity index (χ1v) is 10.7. The Morgan fingerprint density at radius 2 is 2.04 bits per heavy atom. The third-order valence-electron chi connectivity index (χ3n) is 4.90. The third-order valence-corrected chi connectivity index (χ3v) is 5.99. The maximum absolute atomic E-state index is 5.89. The standard InChI is InChI=1S/C21H26N4O2S/c1-14(2)19-23-20(27-24-19)15(3)28-21-22-12-18(16-8-5-4-6-9-16)25(21)13-17-10-7-11-26-17/h4-6,8-9,12,14-15,17H,7,10-11,13H2,1-3H3. The van der Waals surface area contributed by atoms with Crippen LogP contribution in [0, 0.1) is 0 Å². The van der Waals surface area contributed by atoms with Gasteiger partial charge in [-0.3, -0.25) is 0 Å². The van der Waals surface area contributed by atoms with E-state index in [-0.39, 0.29) is 17.3 Å². The summed E-state index contributed by atoms with van der Waals surface area (Å²) in [6.07, 6.45) is 4.40. The number of benzene rings is 1. The fraction of sp³-hybridized carbons (Fsp3) is 0.476. The molecule has 148 valence electrons. The van der Waals surface area contributed by atoms with Gasteiger partial charge in [0, 0.05) is 12.5 Å². The van der Waals surface area contributed by atoms with Crippen molar-refractivity contribution in [1.29, 1.82) is 0 Å². The predicted molar refractivity (Wildman–Crippen MR) is 109 cm³/mol. The predicted octanol–water partition coefficient (Wildman–Crippen LogP) is 5.09. The molecular formula is C21H26N4O2S. The maximum Gasteiger partial charge on any atom is 0.239 e. The van der Waals surface area contributed by atoms with E-state index in [1.807, 2.05) is 12.3 Å². The third kappa shape index (κ3) is 4.15. The molecule has 1 aromatic carbocycles. The number of nitrogens with zero attached hydrogens (tertiary/aromatic N) is 4. The highest BCUT2D eigenvalue weighted by molar-refractivity contribution is 7.99. The number of thioether (sulfide) groups is 1. The van der Waals surface area contributed by atoms with Crippen molar-refractivity contribution in [3.63, 3.8) is 0 Å². The van der Waals surface area contributed by atoms with Crippen LogP contribution >= 0.6 is 11.8 Å². The lowest BCUT2D eigenvalue weighted by Crippen LogP contribution is -2.16. The lowest BCUT2D eigenvalue weighted by atomic mass is 10.1. The van der Waals surface area contributed by atoms with E-state index < -0.39 is 0 Å². The van der Waals surface area contributed by atoms with Crippen LogP contribution in [0.5, 0.6) is 0 Å². The van der Waals surface area contributed by atoms with Crippen LogP contribution in [-0.2, 0) is 11.3 Å². The van der Waals surface area contributed by atoms with Gasteiger partial charge in [-0.15, -0.1) is 0 Å². The molecule has 3 aromatic rings. The fourth-order valence-corrected chi connectivity index (χ4v) is 4.24. The summed E-state index contributed by atoms with van der Waals surface area (Å²) in [5.74, 6) is 1.64. The summed E-state index contributed by atoms with van der Waals surface area (Å²) in [5, 5.41) is 5.06. The minimum Gasteiger partial charge on any atom is -0.376 e. The Morgan fingerprint density at radius 1 is 1.21 bits per heavy atom. The zero-order valence-corrected chi connectivity index (χ0v) is 17.4. The van der Waals surface area contributed by atoms with Gasteiger partial charge in [-0.05, 0) is 25.3 Å². The molecule has 6 nitrogen and oxygen atoms in total. The Bertz CT molecular complexity index is 900. The van der Waals surface area contributed by atoms with Crippen LogP contribution in [0.2, 0.25) is 0 Å². The van der Waals surface area contributed by atoms with Gasteiger partial charge in [-0.25, -0.2) is 4.98 Å². The molecule has 3 heterocycles. The molecule has 2 aromatic heterocycles. The van der Waals surface area contributed by atoms with Crippen molar-refractivity contribution in [3.05, 3.63) is 48.2 Å². The van der Waals surface area contributed by atoms with Crippen LogP contribution in [0.3, 0.4) is 0 Å². The molecule has 2 unspecified atom stereocenters. The Morgan fingerprint density at radius 3 is 2.71 bits per heavy atom. The molecule has 1 aliphatic heterocycles. The molecule has 0 N–H and O–H groups in total. The molecular weight excluding hydrogens is 372 g/mol. The Balaban J connectivity index is 1.60. The summed E-state index contributed by atoms with van der Waals surface area (Å²) >= 11 is 1.65. The molecule has 0 saturated carbocycles. The van der Waals surface area contributed by atoms with Gasteiger partial charge in [0.05, 0.1) is 29.8 Å². The minimum absolute atomic E-state index is 0.0225. The molecule has 1 aliphatic rings. The maximum atomic E-state index is 5.89. The Hall–Kier alpha value is -2.12. The smallest absolute Gasteiger partial charge is 0.239 e. The SMILES string of the molecule is CC(C)c1noc(C(C)Sc2ncc(-c3ccccc3)n2CC2CCCO2)n1. The van der Waals surface area contributed by atoms with Gasteiger partial charge in [0.2, 0.25) is 5.89 Å². The monoisotopic (exact) mass is 398 g/mol. The number of imidazole rings is 1. The molecule has 1 fully saturated rings. The zero-order valence-electron chi connectivity index (χ0n) is 16.5. The molecule has 4 rings (SSSR count). The average molecular weight is 399 g/mol. The van der Waals surface area contributed by atoms with Gasteiger partial charge in [0.25, 0.3) is 0 Å². The van der Waals surface area contributed by atoms with Crippen molar-refractivity contribution in [2.45, 2.75) is 62.6 Å². The zero-order chi connectivity index (χ0) is 19.5. The van der Waals surface area contributed by atoms with Gasteiger partial charge < -0.3 is 13.8 Å². The molecule has 1 saturated heterocycles. The first-order chi connectivity index (χ1) is 13.6. The molecule has 0 amide bonds. The molecule has 0 bridgehead atoms. The lowest BCUT2D eigenvalue weighted by molar-refractivity contribution is 0.0953. The Labute approximate surface area is 169 Å². The van der Waals surface area contributed by atoms with Crippen molar-refractivity contribution >= 4 is 11.8 Å². The quantitative estimate of drug-likeness (QED) is 0.517. The summed E-state index contributed by atoms with van der Waals surface area (Å²) < 4.78 is 13.6. The highest BCUT2D eigenvalue weighted by atomic mass is 32.2. The summed E-state index contributed by atoms with van der Waals surface area (Å²) in [6.45, 7) is 7.86. The van der Waals surface area contributed by atoms with Crippen LogP contribution in [0.15, 0.2) is 46.2 Å². The van der Waals surface area contributed by atoms with Gasteiger partial charge in [-0.1, -0.05) is 61.1 Å². The van der Waals surface area contributed by atoms with Gasteiger partial charge in [-0.2, -0.15) is 4.98 Å². The van der Waals surface area contributed by atoms with Crippen molar-refractivity contribution < 1.29 is 9.26 Å². The van der Waals surface area contributed by atoms with E-state index in [0.717, 1.165) is 48.2 Å². The summed E-state index contributed by atoms with van der Waals surface area (Å²) in [7, 11) is 0. The van der Waals surface area contributed by atoms with Crippen molar-refractivity contribution in [1.82, 2.24) is 19.7 Å². The van der Waals surface area contributed by atoms with E-state index in [2.05, 4.69) is 59.7 Å². The normalized spacial score (nSPS) is 18.1. The van der Waals surface area contributed by atoms with Crippen molar-refractivity contribution in [2.75, 3.05) is 6.61 Å². The number of rotatable bonds is 7. The second-order valence-corrected chi connectivity index (χ2v) is 8.75. The van der Waals surface area contributed by atoms with Crippen LogP contribution in [0.1, 0.15) is 56.5 Å². The lowest BCUT2D eigenvalue weighted by Gasteiger charge is -2.17. The number of hydrogen-bond acceptors (Lipinski definition) is 6. The first kappa shape index (κ1) is 19.2. The second-order valence-electron chi connectivity index (χ2n) is 7.44. The molecule has 28 heavy (non-hydrogen) atoms. The molecule has 0 radical (unpaired) electrons. The highest BCUT2D eigenvalue weighted by Crippen LogP contribution is 2.36. The molecule has 7 heteroatoms. The molecule has 0 spiro atoms. The molecule has 0 aliphatic carbocycles. The van der Waals surface area contributed by atoms with Crippen LogP contribution in [0.25, 0.3) is 11.3 Å². The van der Waals surface area contributed by atoms with Crippen LogP contribution in [-0.4, -0.2) is 32.4 Å². The van der Waals surface area contributed by atoms with Crippen molar-refractivity contribution in [2.24, 2.45) is 0 Å². The fourth-order valence-electron chi connectivity index (χ4n) is 3.32. The number of hydrogen-bond donors (Lipinski definition) is 0. The van der Waals surface area contributed by atoms with Gasteiger partial charge in [0.1, 0.15) is 0 Å². The van der Waals surface area contributed by atoms with E-state index in [4.69, 9.17) is 14.2 Å². The number of aromatic nitrogens is 4. The summed E-state index contributed by atoms with van der Waals surface area (Å²) in [6, 6.07) is 10.4. The summed E-state index contributed by atoms with van der Waals surface area (Å²) in [5.41, 5.74) is 2.27. The van der Waals surface area contributed by atoms with Crippen LogP contribution in [0.4, 0.5) is 0 Å². The largest absolute Gasteiger partial charge is 0.376 e. The van der Waals surface area contributed by atoms with E-state index in [0.29, 0.717) is 5.89 Å². The average Bonchev–Trinajstić information content (AvgIpc) is 3.44. The van der Waals surface area contributed by atoms with E-state index in [9.17, 15) is 0 Å². The first-order valence-electron chi connectivity index (χ1n) is 9.84. The van der Waals surface area contributed by atoms with E-state index >= 15 is 0 Å². The Kier molecular flexibility index (Phi) is 5.82. The highest BCUT2D eigenvalue weighted by Gasteiger charge is 2.24. The minimum atomic E-state index is 0.0225. The van der Waals surface area contributed by atoms with Gasteiger partial charge >= 0.3 is 0 Å². The summed E-state index contributed by atoms with van der Waals surface area (Å²) in [4.78, 5) is 9.27. The number of ether oxygens (including phenoxy) is 1. The van der Waals surface area contributed by atoms with Crippen molar-refractivity contribution in [3.8, 4) is 11.3 Å². The van der Waals surface area contributed by atoms with Gasteiger partial charge in [0.15, 0.2) is 11.0 Å². The van der Waals surface area contributed by atoms with E-state index in [1.54, 1.807) is 11.8 Å². The van der Waals surface area contributed by atoms with E-state index in [1.165, 1.54) is 0 Å². The topological polar surface area (TPSA) is 66.0 Å². The molecule has 2 atom stereocenters.